The van der Waals surface area contributed by atoms with Crippen molar-refractivity contribution in [2.75, 3.05) is 0 Å². The quantitative estimate of drug-likeness (QED) is 0.355. The predicted octanol–water partition coefficient (Wildman–Crippen LogP) is 3.64. The van der Waals surface area contributed by atoms with Crippen LogP contribution in [0.4, 0.5) is 0 Å². The van der Waals surface area contributed by atoms with E-state index in [1.54, 1.807) is 26.0 Å². The van der Waals surface area contributed by atoms with Gasteiger partial charge < -0.3 is 14.9 Å². The minimum atomic E-state index is -0.992. The van der Waals surface area contributed by atoms with Crippen molar-refractivity contribution in [3.63, 3.8) is 0 Å². The summed E-state index contributed by atoms with van der Waals surface area (Å²) in [6.07, 6.45) is 3.64. The fourth-order valence-corrected chi connectivity index (χ4v) is 2.64. The Morgan fingerprint density at radius 3 is 2.26 bits per heavy atom. The zero-order valence-corrected chi connectivity index (χ0v) is 15.7. The van der Waals surface area contributed by atoms with Gasteiger partial charge in [0.25, 0.3) is 0 Å². The molecule has 0 amide bonds. The van der Waals surface area contributed by atoms with Crippen molar-refractivity contribution < 1.29 is 29.3 Å². The van der Waals surface area contributed by atoms with E-state index in [0.717, 1.165) is 23.8 Å². The first-order valence-corrected chi connectivity index (χ1v) is 8.50. The normalized spacial score (nSPS) is 15.0. The fourth-order valence-electron chi connectivity index (χ4n) is 2.64. The van der Waals surface area contributed by atoms with Gasteiger partial charge >= 0.3 is 5.97 Å². The number of hydrogen-bond donors (Lipinski definition) is 2. The van der Waals surface area contributed by atoms with Crippen molar-refractivity contribution in [1.29, 1.82) is 0 Å². The molecule has 0 saturated heterocycles. The molecule has 0 unspecified atom stereocenters. The first-order valence-electron chi connectivity index (χ1n) is 8.50. The number of carbonyl (C=O) groups is 3. The Balaban J connectivity index is 2.51. The lowest BCUT2D eigenvalue weighted by Gasteiger charge is -2.23. The largest absolute Gasteiger partial charge is 0.507 e. The third-order valence-electron chi connectivity index (χ3n) is 4.27. The molecule has 6 heteroatoms. The average molecular weight is 370 g/mol. The lowest BCUT2D eigenvalue weighted by atomic mass is 9.85. The van der Waals surface area contributed by atoms with Gasteiger partial charge in [-0.3, -0.25) is 9.59 Å². The molecule has 0 heterocycles. The Hall–Kier alpha value is -3.15. The number of phenolic OH excluding ortho intramolecular Hbond substituents is 2. The van der Waals surface area contributed by atoms with E-state index < -0.39 is 29.4 Å². The van der Waals surface area contributed by atoms with Crippen LogP contribution in [0.3, 0.4) is 0 Å². The minimum Gasteiger partial charge on any atom is -0.507 e. The second kappa shape index (κ2) is 8.03. The number of Topliss-reactive ketones (excluding diaryl/α,β-unsaturated/α-hetero) is 1. The zero-order chi connectivity index (χ0) is 20.3. The van der Waals surface area contributed by atoms with E-state index in [1.165, 1.54) is 0 Å². The lowest BCUT2D eigenvalue weighted by molar-refractivity contribution is -0.142. The van der Waals surface area contributed by atoms with Gasteiger partial charge in [-0.25, -0.2) is 4.79 Å². The van der Waals surface area contributed by atoms with Crippen LogP contribution in [0, 0.1) is 0 Å². The molecule has 0 fully saturated rings. The van der Waals surface area contributed by atoms with Crippen molar-refractivity contribution in [3.05, 3.63) is 58.2 Å². The number of hydrogen-bond acceptors (Lipinski definition) is 6. The van der Waals surface area contributed by atoms with Crippen LogP contribution in [-0.2, 0) is 9.53 Å². The molecule has 0 aromatic heterocycles. The molecule has 0 saturated carbocycles. The summed E-state index contributed by atoms with van der Waals surface area (Å²) in [5.74, 6) is -2.69. The number of benzene rings is 1. The van der Waals surface area contributed by atoms with E-state index >= 15 is 0 Å². The summed E-state index contributed by atoms with van der Waals surface area (Å²) in [7, 11) is 0. The van der Waals surface area contributed by atoms with Gasteiger partial charge in [0.05, 0.1) is 11.1 Å². The monoisotopic (exact) mass is 370 g/mol. The molecule has 6 nitrogen and oxygen atoms in total. The third-order valence-corrected chi connectivity index (χ3v) is 4.27. The number of ketones is 2. The standard InChI is InChI=1S/C21H22O6/c1-5-12(4)21(26)27-17(9-6-11(2)3)13-10-16(24)18-14(22)7-8-15(23)19(18)20(13)25/h5-8,10,17,22-23H,9H2,1-4H3/b12-5-/t17-/m1/s1. The Morgan fingerprint density at radius 1 is 1.11 bits per heavy atom. The highest BCUT2D eigenvalue weighted by Crippen LogP contribution is 2.36. The highest BCUT2D eigenvalue weighted by molar-refractivity contribution is 6.27. The first kappa shape index (κ1) is 20.2. The maximum Gasteiger partial charge on any atom is 0.334 e. The van der Waals surface area contributed by atoms with Gasteiger partial charge in [-0.1, -0.05) is 17.7 Å². The van der Waals surface area contributed by atoms with Gasteiger partial charge in [-0.2, -0.15) is 0 Å². The molecule has 27 heavy (non-hydrogen) atoms. The average Bonchev–Trinajstić information content (AvgIpc) is 2.62. The maximum absolute atomic E-state index is 12.9. The minimum absolute atomic E-state index is 0.0387. The highest BCUT2D eigenvalue weighted by atomic mass is 16.5. The van der Waals surface area contributed by atoms with Crippen LogP contribution in [0.25, 0.3) is 0 Å². The van der Waals surface area contributed by atoms with Crippen LogP contribution < -0.4 is 0 Å². The van der Waals surface area contributed by atoms with Gasteiger partial charge in [0.15, 0.2) is 11.6 Å². The fraction of sp³-hybridized carbons (Fsp3) is 0.286. The number of rotatable bonds is 5. The molecule has 1 aromatic rings. The number of esters is 1. The van der Waals surface area contributed by atoms with Gasteiger partial charge in [-0.05, 0) is 45.9 Å². The van der Waals surface area contributed by atoms with Crippen LogP contribution in [-0.4, -0.2) is 33.9 Å². The smallest absolute Gasteiger partial charge is 0.334 e. The Bertz CT molecular complexity index is 897. The summed E-state index contributed by atoms with van der Waals surface area (Å²) in [6.45, 7) is 6.99. The maximum atomic E-state index is 12.9. The van der Waals surface area contributed by atoms with Crippen molar-refractivity contribution in [2.24, 2.45) is 0 Å². The van der Waals surface area contributed by atoms with E-state index in [1.807, 2.05) is 13.8 Å². The molecule has 0 bridgehead atoms. The second-order valence-electron chi connectivity index (χ2n) is 6.53. The summed E-state index contributed by atoms with van der Waals surface area (Å²) in [6, 6.07) is 2.29. The highest BCUT2D eigenvalue weighted by Gasteiger charge is 2.35. The molecular formula is C21H22O6. The molecule has 1 aliphatic rings. The van der Waals surface area contributed by atoms with E-state index in [-0.39, 0.29) is 28.9 Å². The summed E-state index contributed by atoms with van der Waals surface area (Å²) >= 11 is 0. The predicted molar refractivity (Wildman–Crippen MR) is 99.9 cm³/mol. The number of carbonyl (C=O) groups excluding carboxylic acids is 3. The van der Waals surface area contributed by atoms with Gasteiger partial charge in [0.1, 0.15) is 17.6 Å². The topological polar surface area (TPSA) is 101 Å². The molecule has 0 radical (unpaired) electrons. The second-order valence-corrected chi connectivity index (χ2v) is 6.53. The van der Waals surface area contributed by atoms with Gasteiger partial charge in [0, 0.05) is 17.6 Å². The first-order chi connectivity index (χ1) is 12.7. The number of aromatic hydroxyl groups is 2. The molecule has 1 aromatic carbocycles. The number of ether oxygens (including phenoxy) is 1. The van der Waals surface area contributed by atoms with E-state index in [2.05, 4.69) is 0 Å². The van der Waals surface area contributed by atoms with Crippen molar-refractivity contribution in [1.82, 2.24) is 0 Å². The molecule has 1 atom stereocenters. The summed E-state index contributed by atoms with van der Waals surface area (Å²) in [4.78, 5) is 37.6. The Labute approximate surface area is 157 Å². The van der Waals surface area contributed by atoms with Crippen LogP contribution in [0.1, 0.15) is 54.8 Å². The van der Waals surface area contributed by atoms with Crippen LogP contribution >= 0.6 is 0 Å². The van der Waals surface area contributed by atoms with Gasteiger partial charge in [0.2, 0.25) is 0 Å². The third kappa shape index (κ3) is 4.16. The Morgan fingerprint density at radius 2 is 1.70 bits per heavy atom. The summed E-state index contributed by atoms with van der Waals surface area (Å²) in [5.41, 5.74) is 0.755. The van der Waals surface area contributed by atoms with Crippen molar-refractivity contribution in [2.45, 2.75) is 40.2 Å². The number of phenols is 2. The van der Waals surface area contributed by atoms with E-state index in [0.29, 0.717) is 5.57 Å². The van der Waals surface area contributed by atoms with E-state index in [9.17, 15) is 24.6 Å². The van der Waals surface area contributed by atoms with Crippen molar-refractivity contribution in [3.8, 4) is 11.5 Å². The molecule has 2 rings (SSSR count). The summed E-state index contributed by atoms with van der Waals surface area (Å²) in [5, 5.41) is 20.0. The lowest BCUT2D eigenvalue weighted by Crippen LogP contribution is -2.29. The van der Waals surface area contributed by atoms with Crippen LogP contribution in [0.2, 0.25) is 0 Å². The molecule has 0 spiro atoms. The molecule has 2 N–H and O–H groups in total. The summed E-state index contributed by atoms with van der Waals surface area (Å²) < 4.78 is 5.46. The molecular weight excluding hydrogens is 348 g/mol. The zero-order valence-electron chi connectivity index (χ0n) is 15.7. The van der Waals surface area contributed by atoms with Crippen molar-refractivity contribution >= 4 is 17.5 Å². The van der Waals surface area contributed by atoms with Crippen LogP contribution in [0.15, 0.2) is 47.1 Å². The number of allylic oxidation sites excluding steroid dienone is 3. The van der Waals surface area contributed by atoms with Crippen LogP contribution in [0.5, 0.6) is 11.5 Å². The molecule has 142 valence electrons. The number of fused-ring (bicyclic) bond motifs is 1. The SMILES string of the molecule is C/C=C(/C)C(=O)O[C@H](CC=C(C)C)C1=CC(=O)c2c(O)ccc(O)c2C1=O. The van der Waals surface area contributed by atoms with Gasteiger partial charge in [-0.15, -0.1) is 0 Å². The Kier molecular flexibility index (Phi) is 6.00. The molecule has 0 aliphatic heterocycles. The van der Waals surface area contributed by atoms with E-state index in [4.69, 9.17) is 4.74 Å². The molecule has 1 aliphatic carbocycles.